The van der Waals surface area contributed by atoms with E-state index in [2.05, 4.69) is 0 Å². The maximum atomic E-state index is 13.4. The molecule has 1 heterocycles. The molecule has 170 valence electrons. The fraction of sp³-hybridized carbons (Fsp3) is 0.556. The Morgan fingerprint density at radius 3 is 2.16 bits per heavy atom. The zero-order chi connectivity index (χ0) is 22.5. The Kier molecular flexibility index (Phi) is 5.18. The molecule has 5 heteroatoms. The van der Waals surface area contributed by atoms with Crippen molar-refractivity contribution in [1.29, 1.82) is 0 Å². The molecule has 0 spiro atoms. The van der Waals surface area contributed by atoms with Crippen LogP contribution in [0.25, 0.3) is 0 Å². The Morgan fingerprint density at radius 2 is 1.59 bits per heavy atom. The summed E-state index contributed by atoms with van der Waals surface area (Å²) in [6.45, 7) is 6.62. The van der Waals surface area contributed by atoms with Gasteiger partial charge < -0.3 is 9.64 Å². The lowest BCUT2D eigenvalue weighted by atomic mass is 9.54. The summed E-state index contributed by atoms with van der Waals surface area (Å²) in [5, 5.41) is 0. The standard InChI is InChI=1S/C27H34N2O3/c1-26(2,3)29(17-19-7-5-4-6-8-19)24(30)23-9-10-28(18-23)25(31)32-27-14-20-11-21(15-27)13-22(12-20)16-27/h4-10,18,20-22H,11-17H2,1-3H3. The number of carbonyl (C=O) groups excluding carboxylic acids is 2. The SMILES string of the molecule is CC(C)(C)N(Cc1ccccc1)C(=O)c1ccn(C(=O)OC23CC4CC(CC(C4)C2)C3)c1. The second-order valence-corrected chi connectivity index (χ2v) is 11.3. The van der Waals surface area contributed by atoms with Gasteiger partial charge in [-0.25, -0.2) is 4.79 Å². The first kappa shape index (κ1) is 21.3. The van der Waals surface area contributed by atoms with Crippen molar-refractivity contribution in [2.24, 2.45) is 17.8 Å². The Morgan fingerprint density at radius 1 is 1.00 bits per heavy atom. The van der Waals surface area contributed by atoms with Crippen molar-refractivity contribution in [3.8, 4) is 0 Å². The van der Waals surface area contributed by atoms with E-state index in [0.29, 0.717) is 29.9 Å². The van der Waals surface area contributed by atoms with Crippen LogP contribution in [0.4, 0.5) is 4.79 Å². The second-order valence-electron chi connectivity index (χ2n) is 11.3. The highest BCUT2D eigenvalue weighted by Gasteiger charge is 2.53. The summed E-state index contributed by atoms with van der Waals surface area (Å²) in [5.41, 5.74) is 0.953. The fourth-order valence-electron chi connectivity index (χ4n) is 6.57. The van der Waals surface area contributed by atoms with Crippen LogP contribution >= 0.6 is 0 Å². The van der Waals surface area contributed by atoms with Gasteiger partial charge in [0.15, 0.2) is 0 Å². The Labute approximate surface area is 190 Å². The quantitative estimate of drug-likeness (QED) is 0.603. The van der Waals surface area contributed by atoms with Gasteiger partial charge in [-0.3, -0.25) is 9.36 Å². The molecule has 0 saturated heterocycles. The summed E-state index contributed by atoms with van der Waals surface area (Å²) in [6, 6.07) is 11.7. The number of nitrogens with zero attached hydrogens (tertiary/aromatic N) is 2. The molecule has 4 saturated carbocycles. The number of aromatic nitrogens is 1. The lowest BCUT2D eigenvalue weighted by Gasteiger charge is -2.55. The van der Waals surface area contributed by atoms with Crippen LogP contribution in [-0.2, 0) is 11.3 Å². The molecule has 4 aliphatic carbocycles. The minimum absolute atomic E-state index is 0.0808. The van der Waals surface area contributed by atoms with E-state index in [1.165, 1.54) is 23.8 Å². The first-order valence-electron chi connectivity index (χ1n) is 12.0. The van der Waals surface area contributed by atoms with Gasteiger partial charge in [-0.15, -0.1) is 0 Å². The highest BCUT2D eigenvalue weighted by atomic mass is 16.6. The van der Waals surface area contributed by atoms with Crippen LogP contribution in [0.15, 0.2) is 48.8 Å². The van der Waals surface area contributed by atoms with Crippen molar-refractivity contribution in [1.82, 2.24) is 9.47 Å². The summed E-state index contributed by atoms with van der Waals surface area (Å²) in [6.07, 6.45) is 9.89. The van der Waals surface area contributed by atoms with Gasteiger partial charge in [0, 0.05) is 24.5 Å². The smallest absolute Gasteiger partial charge is 0.418 e. The van der Waals surface area contributed by atoms with Crippen molar-refractivity contribution >= 4 is 12.0 Å². The summed E-state index contributed by atoms with van der Waals surface area (Å²) in [4.78, 5) is 28.3. The van der Waals surface area contributed by atoms with Crippen LogP contribution in [0.3, 0.4) is 0 Å². The van der Waals surface area contributed by atoms with Crippen molar-refractivity contribution < 1.29 is 14.3 Å². The first-order valence-corrected chi connectivity index (χ1v) is 12.0. The Hall–Kier alpha value is -2.56. The van der Waals surface area contributed by atoms with E-state index < -0.39 is 0 Å². The van der Waals surface area contributed by atoms with Gasteiger partial charge in [0.2, 0.25) is 0 Å². The maximum Gasteiger partial charge on any atom is 0.418 e. The molecule has 0 atom stereocenters. The van der Waals surface area contributed by atoms with E-state index >= 15 is 0 Å². The molecular formula is C27H34N2O3. The number of hydrogen-bond donors (Lipinski definition) is 0. The minimum Gasteiger partial charge on any atom is -0.442 e. The van der Waals surface area contributed by atoms with Gasteiger partial charge in [0.05, 0.1) is 5.56 Å². The van der Waals surface area contributed by atoms with Crippen molar-refractivity contribution in [3.05, 3.63) is 59.9 Å². The molecule has 1 aromatic carbocycles. The molecule has 2 aromatic rings. The van der Waals surface area contributed by atoms with Gasteiger partial charge in [0.1, 0.15) is 5.60 Å². The normalized spacial score (nSPS) is 28.5. The second kappa shape index (κ2) is 7.79. The molecule has 0 unspecified atom stereocenters. The lowest BCUT2D eigenvalue weighted by molar-refractivity contribution is -0.127. The zero-order valence-corrected chi connectivity index (χ0v) is 19.4. The van der Waals surface area contributed by atoms with Crippen LogP contribution < -0.4 is 0 Å². The highest BCUT2D eigenvalue weighted by Crippen LogP contribution is 2.57. The Balaban J connectivity index is 1.31. The number of carbonyl (C=O) groups is 2. The molecule has 1 aromatic heterocycles. The average molecular weight is 435 g/mol. The predicted octanol–water partition coefficient (Wildman–Crippen LogP) is 5.88. The monoisotopic (exact) mass is 434 g/mol. The van der Waals surface area contributed by atoms with E-state index in [4.69, 9.17) is 4.74 Å². The van der Waals surface area contributed by atoms with Gasteiger partial charge in [-0.2, -0.15) is 0 Å². The third-order valence-electron chi connectivity index (χ3n) is 7.67. The molecule has 0 N–H and O–H groups in total. The van der Waals surface area contributed by atoms with E-state index in [0.717, 1.165) is 24.8 Å². The zero-order valence-electron chi connectivity index (χ0n) is 19.4. The number of hydrogen-bond acceptors (Lipinski definition) is 3. The van der Waals surface area contributed by atoms with E-state index in [1.54, 1.807) is 18.5 Å². The van der Waals surface area contributed by atoms with Crippen LogP contribution in [0, 0.1) is 17.8 Å². The third kappa shape index (κ3) is 4.10. The van der Waals surface area contributed by atoms with E-state index in [1.807, 2.05) is 56.0 Å². The van der Waals surface area contributed by atoms with E-state index in [-0.39, 0.29) is 23.1 Å². The first-order chi connectivity index (χ1) is 15.2. The molecular weight excluding hydrogens is 400 g/mol. The van der Waals surface area contributed by atoms with Gasteiger partial charge in [-0.1, -0.05) is 30.3 Å². The number of benzene rings is 1. The fourth-order valence-corrected chi connectivity index (χ4v) is 6.57. The molecule has 5 nitrogen and oxygen atoms in total. The topological polar surface area (TPSA) is 51.5 Å². The predicted molar refractivity (Wildman–Crippen MR) is 123 cm³/mol. The molecule has 1 amide bonds. The molecule has 0 aliphatic heterocycles. The van der Waals surface area contributed by atoms with Crippen molar-refractivity contribution in [3.63, 3.8) is 0 Å². The summed E-state index contributed by atoms with van der Waals surface area (Å²) < 4.78 is 7.61. The van der Waals surface area contributed by atoms with Gasteiger partial charge >= 0.3 is 6.09 Å². The molecule has 6 rings (SSSR count). The molecule has 32 heavy (non-hydrogen) atoms. The molecule has 0 radical (unpaired) electrons. The third-order valence-corrected chi connectivity index (χ3v) is 7.67. The molecule has 4 aliphatic rings. The summed E-state index contributed by atoms with van der Waals surface area (Å²) in [5.74, 6) is 2.07. The molecule has 4 fully saturated rings. The number of amides is 1. The van der Waals surface area contributed by atoms with Crippen molar-refractivity contribution in [2.75, 3.05) is 0 Å². The number of ether oxygens (including phenoxy) is 1. The summed E-state index contributed by atoms with van der Waals surface area (Å²) in [7, 11) is 0. The van der Waals surface area contributed by atoms with Crippen molar-refractivity contribution in [2.45, 2.75) is 77.0 Å². The Bertz CT molecular complexity index is 966. The number of rotatable bonds is 4. The summed E-state index contributed by atoms with van der Waals surface area (Å²) >= 11 is 0. The average Bonchev–Trinajstić information content (AvgIpc) is 3.21. The van der Waals surface area contributed by atoms with Gasteiger partial charge in [0.25, 0.3) is 5.91 Å². The van der Waals surface area contributed by atoms with Crippen LogP contribution in [0.2, 0.25) is 0 Å². The lowest BCUT2D eigenvalue weighted by Crippen LogP contribution is -2.53. The van der Waals surface area contributed by atoms with E-state index in [9.17, 15) is 9.59 Å². The van der Waals surface area contributed by atoms with Crippen LogP contribution in [0.5, 0.6) is 0 Å². The molecule has 4 bridgehead atoms. The largest absolute Gasteiger partial charge is 0.442 e. The minimum atomic E-state index is -0.352. The van der Waals surface area contributed by atoms with Crippen LogP contribution in [0.1, 0.15) is 75.2 Å². The maximum absolute atomic E-state index is 13.4. The highest BCUT2D eigenvalue weighted by molar-refractivity contribution is 5.95. The van der Waals surface area contributed by atoms with Crippen LogP contribution in [-0.4, -0.2) is 32.6 Å². The van der Waals surface area contributed by atoms with Gasteiger partial charge in [-0.05, 0) is 88.7 Å².